The molecule has 2 aromatic carbocycles. The number of aromatic nitrogens is 1. The van der Waals surface area contributed by atoms with Gasteiger partial charge in [0, 0.05) is 27.2 Å². The molecule has 33 heavy (non-hydrogen) atoms. The first-order chi connectivity index (χ1) is 15.4. The number of nitrogens with zero attached hydrogens (tertiary/aromatic N) is 3. The Labute approximate surface area is 221 Å². The van der Waals surface area contributed by atoms with Gasteiger partial charge in [0.2, 0.25) is 5.91 Å². The van der Waals surface area contributed by atoms with Gasteiger partial charge in [-0.15, -0.1) is 4.52 Å². The summed E-state index contributed by atoms with van der Waals surface area (Å²) < 4.78 is 22.5. The summed E-state index contributed by atoms with van der Waals surface area (Å²) in [5.74, 6) is 0.100. The number of benzene rings is 2. The molecule has 0 fully saturated rings. The summed E-state index contributed by atoms with van der Waals surface area (Å²) in [4.78, 5) is 23.3. The van der Waals surface area contributed by atoms with Gasteiger partial charge in [0.15, 0.2) is 0 Å². The van der Waals surface area contributed by atoms with Crippen LogP contribution in [0.4, 0.5) is 0 Å². The number of allylic oxidation sites excluding steroid dienone is 1. The molecule has 0 bridgehead atoms. The van der Waals surface area contributed by atoms with Crippen LogP contribution in [0.2, 0.25) is 0 Å². The zero-order valence-corrected chi connectivity index (χ0v) is 22.2. The first kappa shape index (κ1) is 26.9. The molecule has 3 rings (SSSR count). The van der Waals surface area contributed by atoms with E-state index in [1.807, 2.05) is 0 Å². The van der Waals surface area contributed by atoms with Crippen LogP contribution in [0.25, 0.3) is 22.6 Å². The third-order valence-electron chi connectivity index (χ3n) is 4.62. The van der Waals surface area contributed by atoms with Crippen LogP contribution >= 0.6 is 24.2 Å². The second kappa shape index (κ2) is 12.2. The largest absolute Gasteiger partial charge is 1.00 e. The minimum Gasteiger partial charge on any atom is -0.566 e. The van der Waals surface area contributed by atoms with E-state index in [4.69, 9.17) is 4.74 Å². The third-order valence-corrected chi connectivity index (χ3v) is 5.50. The Morgan fingerprint density at radius 1 is 1.27 bits per heavy atom. The number of fused-ring (bicyclic) bond motifs is 1. The predicted octanol–water partition coefficient (Wildman–Crippen LogP) is 1.42. The Kier molecular flexibility index (Phi) is 9.97. The topological polar surface area (TPSA) is 128 Å². The molecule has 1 aromatic heterocycles. The van der Waals surface area contributed by atoms with E-state index in [0.717, 1.165) is 4.47 Å². The zero-order chi connectivity index (χ0) is 23.3. The van der Waals surface area contributed by atoms with Crippen LogP contribution < -0.4 is 39.2 Å². The van der Waals surface area contributed by atoms with Gasteiger partial charge < -0.3 is 9.63 Å². The van der Waals surface area contributed by atoms with Crippen LogP contribution in [0, 0.1) is 22.7 Å². The van der Waals surface area contributed by atoms with Gasteiger partial charge in [-0.05, 0) is 47.0 Å². The van der Waals surface area contributed by atoms with Gasteiger partial charge in [-0.25, -0.2) is 0 Å². The number of hydrogen-bond donors (Lipinski definition) is 0. The molecule has 0 N–H and O–H groups in total. The molecule has 0 aliphatic carbocycles. The SMILES string of the molecule is COc1ccc(C#N)cc1/C=C(\C#N)c1cn(C(=O)CCO[P+](=O)[O-])c2ccc(Br)cc12.[Na+]. The normalized spacial score (nSPS) is 11.3. The number of rotatable bonds is 7. The Morgan fingerprint density at radius 3 is 2.67 bits per heavy atom. The maximum absolute atomic E-state index is 12.7. The Morgan fingerprint density at radius 2 is 2.03 bits per heavy atom. The fraction of sp³-hybridized carbons (Fsp3) is 0.136. The van der Waals surface area contributed by atoms with Gasteiger partial charge in [-0.2, -0.15) is 10.5 Å². The number of nitriles is 2. The molecule has 1 atom stereocenters. The maximum atomic E-state index is 12.7. The number of carbonyl (C=O) groups is 1. The molecule has 0 amide bonds. The summed E-state index contributed by atoms with van der Waals surface area (Å²) in [5, 5.41) is 19.7. The fourth-order valence-electron chi connectivity index (χ4n) is 3.19. The smallest absolute Gasteiger partial charge is 0.566 e. The van der Waals surface area contributed by atoms with Crippen LogP contribution in [-0.2, 0) is 9.09 Å². The van der Waals surface area contributed by atoms with Crippen molar-refractivity contribution in [3.8, 4) is 17.9 Å². The summed E-state index contributed by atoms with van der Waals surface area (Å²) in [6.07, 6.45) is 2.97. The van der Waals surface area contributed by atoms with Crippen molar-refractivity contribution in [3.05, 3.63) is 63.8 Å². The van der Waals surface area contributed by atoms with Crippen molar-refractivity contribution in [1.82, 2.24) is 4.57 Å². The number of ether oxygens (including phenoxy) is 1. The molecule has 1 unspecified atom stereocenters. The molecule has 3 aromatic rings. The van der Waals surface area contributed by atoms with Crippen molar-refractivity contribution >= 4 is 52.6 Å². The van der Waals surface area contributed by atoms with Gasteiger partial charge in [0.05, 0.1) is 42.3 Å². The molecular weight excluding hydrogens is 520 g/mol. The van der Waals surface area contributed by atoms with Crippen LogP contribution in [0.5, 0.6) is 5.75 Å². The average Bonchev–Trinajstić information content (AvgIpc) is 3.15. The summed E-state index contributed by atoms with van der Waals surface area (Å²) in [5.41, 5.74) is 2.26. The first-order valence-electron chi connectivity index (χ1n) is 9.19. The maximum Gasteiger partial charge on any atom is 1.00 e. The van der Waals surface area contributed by atoms with Gasteiger partial charge in [0.25, 0.3) is 0 Å². The van der Waals surface area contributed by atoms with Gasteiger partial charge in [0.1, 0.15) is 12.4 Å². The van der Waals surface area contributed by atoms with Crippen molar-refractivity contribution in [1.29, 1.82) is 10.5 Å². The van der Waals surface area contributed by atoms with Crippen molar-refractivity contribution in [2.24, 2.45) is 0 Å². The molecule has 0 saturated carbocycles. The van der Waals surface area contributed by atoms with E-state index < -0.39 is 8.25 Å². The third kappa shape index (κ3) is 6.38. The summed E-state index contributed by atoms with van der Waals surface area (Å²) in [6, 6.07) is 14.3. The summed E-state index contributed by atoms with van der Waals surface area (Å²) in [6.45, 7) is -0.276. The predicted molar refractivity (Wildman–Crippen MR) is 120 cm³/mol. The molecule has 0 aliphatic heterocycles. The quantitative estimate of drug-likeness (QED) is 0.254. The molecule has 0 radical (unpaired) electrons. The number of methoxy groups -OCH3 is 1. The van der Waals surface area contributed by atoms with E-state index in [0.29, 0.717) is 33.3 Å². The van der Waals surface area contributed by atoms with E-state index in [2.05, 4.69) is 32.6 Å². The Hall–Kier alpha value is -2.33. The van der Waals surface area contributed by atoms with E-state index in [-0.39, 0.29) is 54.1 Å². The number of halogens is 1. The second-order valence-electron chi connectivity index (χ2n) is 6.51. The van der Waals surface area contributed by atoms with E-state index in [1.54, 1.807) is 42.5 Å². The van der Waals surface area contributed by atoms with Crippen LogP contribution in [0.1, 0.15) is 27.9 Å². The molecule has 0 spiro atoms. The van der Waals surface area contributed by atoms with E-state index in [9.17, 15) is 24.8 Å². The molecule has 8 nitrogen and oxygen atoms in total. The van der Waals surface area contributed by atoms with Crippen LogP contribution in [0.3, 0.4) is 0 Å². The molecule has 11 heteroatoms. The van der Waals surface area contributed by atoms with E-state index in [1.165, 1.54) is 17.9 Å². The van der Waals surface area contributed by atoms with Gasteiger partial charge >= 0.3 is 37.8 Å². The molecule has 1 heterocycles. The first-order valence-corrected chi connectivity index (χ1v) is 11.1. The minimum atomic E-state index is -3.04. The summed E-state index contributed by atoms with van der Waals surface area (Å²) >= 11 is 3.41. The minimum absolute atomic E-state index is 0. The average molecular weight is 535 g/mol. The molecule has 0 saturated heterocycles. The Balaban J connectivity index is 0.00000385. The van der Waals surface area contributed by atoms with Gasteiger partial charge in [-0.1, -0.05) is 15.9 Å². The van der Waals surface area contributed by atoms with Crippen molar-refractivity contribution in [2.75, 3.05) is 13.7 Å². The monoisotopic (exact) mass is 534 g/mol. The number of carbonyl (C=O) groups excluding carboxylic acids is 1. The second-order valence-corrected chi connectivity index (χ2v) is 8.13. The van der Waals surface area contributed by atoms with Crippen LogP contribution in [0.15, 0.2) is 47.1 Å². The van der Waals surface area contributed by atoms with Crippen LogP contribution in [-0.4, -0.2) is 24.2 Å². The van der Waals surface area contributed by atoms with Crippen molar-refractivity contribution in [2.45, 2.75) is 6.42 Å². The van der Waals surface area contributed by atoms with Crippen molar-refractivity contribution in [3.63, 3.8) is 0 Å². The number of hydrogen-bond acceptors (Lipinski definition) is 7. The van der Waals surface area contributed by atoms with Crippen molar-refractivity contribution < 1.29 is 53.1 Å². The Bertz CT molecular complexity index is 1340. The molecule has 160 valence electrons. The molecular formula is C22H15BrN3NaO5P+. The molecule has 0 aliphatic rings. The standard InChI is InChI=1S/C22H15BrN3O5P.Na/c1-30-21-5-2-14(11-24)8-15(21)9-16(12-25)19-13-26(22(27)6-7-31-32(28)29)20-4-3-17(23)10-18(19)20;/h2-5,8-10,13H,6-7H2,1H3;/q;+1/b16-9+;. The summed E-state index contributed by atoms with van der Waals surface area (Å²) in [7, 11) is -1.55. The fourth-order valence-corrected chi connectivity index (χ4v) is 3.80. The van der Waals surface area contributed by atoms with Gasteiger partial charge in [-0.3, -0.25) is 9.36 Å². The van der Waals surface area contributed by atoms with E-state index >= 15 is 0 Å². The zero-order valence-electron chi connectivity index (χ0n) is 17.7.